The fourth-order valence-corrected chi connectivity index (χ4v) is 3.74. The van der Waals surface area contributed by atoms with Gasteiger partial charge in [0.2, 0.25) is 0 Å². The number of rotatable bonds is 4. The number of hydrogen-bond donors (Lipinski definition) is 1. The molecule has 2 heteroatoms. The highest BCUT2D eigenvalue weighted by atomic mass is 16.3. The van der Waals surface area contributed by atoms with Gasteiger partial charge in [0, 0.05) is 12.6 Å². The molecule has 2 fully saturated rings. The van der Waals surface area contributed by atoms with E-state index in [1.54, 1.807) is 0 Å². The van der Waals surface area contributed by atoms with Gasteiger partial charge < -0.3 is 10.0 Å². The molecule has 2 saturated carbocycles. The minimum atomic E-state index is -0.0237. The fourth-order valence-electron chi connectivity index (χ4n) is 3.74. The SMILES string of the molecule is CCC1CCC(N(C)CC2CCCC2O)CC1. The third-order valence-corrected chi connectivity index (χ3v) is 5.16. The number of hydrogen-bond acceptors (Lipinski definition) is 2. The lowest BCUT2D eigenvalue weighted by Gasteiger charge is -2.36. The first-order chi connectivity index (χ1) is 8.20. The Hall–Kier alpha value is -0.0800. The first-order valence-electron chi connectivity index (χ1n) is 7.59. The third kappa shape index (κ3) is 3.45. The zero-order valence-corrected chi connectivity index (χ0v) is 11.6. The van der Waals surface area contributed by atoms with E-state index in [0.29, 0.717) is 5.92 Å². The first-order valence-corrected chi connectivity index (χ1v) is 7.59. The lowest BCUT2D eigenvalue weighted by atomic mass is 9.84. The molecule has 2 unspecified atom stereocenters. The van der Waals surface area contributed by atoms with Crippen molar-refractivity contribution >= 4 is 0 Å². The Bertz CT molecular complexity index is 223. The minimum Gasteiger partial charge on any atom is -0.393 e. The van der Waals surface area contributed by atoms with Crippen molar-refractivity contribution in [1.82, 2.24) is 4.90 Å². The van der Waals surface area contributed by atoms with Gasteiger partial charge in [-0.1, -0.05) is 19.8 Å². The Labute approximate surface area is 106 Å². The van der Waals surface area contributed by atoms with Crippen LogP contribution in [0, 0.1) is 11.8 Å². The van der Waals surface area contributed by atoms with Gasteiger partial charge in [-0.3, -0.25) is 0 Å². The molecule has 0 aromatic heterocycles. The van der Waals surface area contributed by atoms with Gasteiger partial charge in [-0.2, -0.15) is 0 Å². The summed E-state index contributed by atoms with van der Waals surface area (Å²) in [6, 6.07) is 0.783. The van der Waals surface area contributed by atoms with Crippen LogP contribution in [0.2, 0.25) is 0 Å². The maximum atomic E-state index is 9.89. The zero-order valence-electron chi connectivity index (χ0n) is 11.6. The van der Waals surface area contributed by atoms with E-state index in [9.17, 15) is 5.11 Å². The van der Waals surface area contributed by atoms with E-state index in [4.69, 9.17) is 0 Å². The van der Waals surface area contributed by atoms with Crippen LogP contribution in [-0.4, -0.2) is 35.7 Å². The van der Waals surface area contributed by atoms with Gasteiger partial charge in [0.1, 0.15) is 0 Å². The molecule has 2 nitrogen and oxygen atoms in total. The first kappa shape index (κ1) is 13.4. The van der Waals surface area contributed by atoms with E-state index in [-0.39, 0.29) is 6.10 Å². The molecule has 2 rings (SSSR count). The zero-order chi connectivity index (χ0) is 12.3. The average Bonchev–Trinajstić information content (AvgIpc) is 2.75. The molecule has 0 spiro atoms. The molecule has 0 heterocycles. The van der Waals surface area contributed by atoms with Gasteiger partial charge in [-0.15, -0.1) is 0 Å². The molecule has 100 valence electrons. The van der Waals surface area contributed by atoms with Crippen molar-refractivity contribution in [1.29, 1.82) is 0 Å². The summed E-state index contributed by atoms with van der Waals surface area (Å²) in [7, 11) is 2.27. The molecule has 2 atom stereocenters. The minimum absolute atomic E-state index is 0.0237. The molecule has 0 aliphatic heterocycles. The predicted molar refractivity (Wildman–Crippen MR) is 72.0 cm³/mol. The van der Waals surface area contributed by atoms with Gasteiger partial charge in [0.05, 0.1) is 6.10 Å². The summed E-state index contributed by atoms with van der Waals surface area (Å²) in [5.41, 5.74) is 0. The van der Waals surface area contributed by atoms with E-state index in [1.165, 1.54) is 44.9 Å². The summed E-state index contributed by atoms with van der Waals surface area (Å²) < 4.78 is 0. The lowest BCUT2D eigenvalue weighted by molar-refractivity contribution is 0.0829. The molecule has 0 radical (unpaired) electrons. The highest BCUT2D eigenvalue weighted by Crippen LogP contribution is 2.31. The van der Waals surface area contributed by atoms with Crippen LogP contribution in [0.15, 0.2) is 0 Å². The molecule has 2 aliphatic carbocycles. The van der Waals surface area contributed by atoms with Crippen LogP contribution in [0.1, 0.15) is 58.3 Å². The number of nitrogens with zero attached hydrogens (tertiary/aromatic N) is 1. The third-order valence-electron chi connectivity index (χ3n) is 5.16. The highest BCUT2D eigenvalue weighted by molar-refractivity contribution is 4.83. The number of aliphatic hydroxyl groups is 1. The highest BCUT2D eigenvalue weighted by Gasteiger charge is 2.29. The van der Waals surface area contributed by atoms with Crippen LogP contribution in [0.4, 0.5) is 0 Å². The average molecular weight is 239 g/mol. The smallest absolute Gasteiger partial charge is 0.0580 e. The maximum absolute atomic E-state index is 9.89. The Morgan fingerprint density at radius 3 is 2.29 bits per heavy atom. The molecule has 0 aromatic carbocycles. The lowest BCUT2D eigenvalue weighted by Crippen LogP contribution is -2.39. The quantitative estimate of drug-likeness (QED) is 0.815. The van der Waals surface area contributed by atoms with Gasteiger partial charge in [0.25, 0.3) is 0 Å². The largest absolute Gasteiger partial charge is 0.393 e. The Balaban J connectivity index is 1.74. The summed E-state index contributed by atoms with van der Waals surface area (Å²) in [4.78, 5) is 2.53. The summed E-state index contributed by atoms with van der Waals surface area (Å²) in [5.74, 6) is 1.53. The van der Waals surface area contributed by atoms with Crippen molar-refractivity contribution in [3.63, 3.8) is 0 Å². The van der Waals surface area contributed by atoms with E-state index in [0.717, 1.165) is 24.9 Å². The summed E-state index contributed by atoms with van der Waals surface area (Å²) in [5, 5.41) is 9.89. The van der Waals surface area contributed by atoms with Crippen molar-refractivity contribution in [2.24, 2.45) is 11.8 Å². The van der Waals surface area contributed by atoms with E-state index in [2.05, 4.69) is 18.9 Å². The Kier molecular flexibility index (Phi) is 4.87. The normalized spacial score (nSPS) is 38.8. The van der Waals surface area contributed by atoms with Crippen molar-refractivity contribution in [2.75, 3.05) is 13.6 Å². The monoisotopic (exact) mass is 239 g/mol. The predicted octanol–water partition coefficient (Wildman–Crippen LogP) is 3.05. The Morgan fingerprint density at radius 1 is 1.06 bits per heavy atom. The van der Waals surface area contributed by atoms with Crippen molar-refractivity contribution in [2.45, 2.75) is 70.4 Å². The van der Waals surface area contributed by atoms with Crippen LogP contribution >= 0.6 is 0 Å². The van der Waals surface area contributed by atoms with Crippen LogP contribution < -0.4 is 0 Å². The summed E-state index contributed by atoms with van der Waals surface area (Å²) >= 11 is 0. The van der Waals surface area contributed by atoms with Gasteiger partial charge in [-0.05, 0) is 57.4 Å². The van der Waals surface area contributed by atoms with Crippen molar-refractivity contribution < 1.29 is 5.11 Å². The maximum Gasteiger partial charge on any atom is 0.0580 e. The molecule has 0 aromatic rings. The molecule has 1 N–H and O–H groups in total. The van der Waals surface area contributed by atoms with Gasteiger partial charge in [-0.25, -0.2) is 0 Å². The molecular weight excluding hydrogens is 210 g/mol. The topological polar surface area (TPSA) is 23.5 Å². The second-order valence-corrected chi connectivity index (χ2v) is 6.28. The number of aliphatic hydroxyl groups excluding tert-OH is 1. The second-order valence-electron chi connectivity index (χ2n) is 6.28. The second kappa shape index (κ2) is 6.19. The van der Waals surface area contributed by atoms with E-state index in [1.807, 2.05) is 0 Å². The molecule has 0 bridgehead atoms. The van der Waals surface area contributed by atoms with Gasteiger partial charge in [0.15, 0.2) is 0 Å². The van der Waals surface area contributed by atoms with E-state index < -0.39 is 0 Å². The Morgan fingerprint density at radius 2 is 1.76 bits per heavy atom. The van der Waals surface area contributed by atoms with Crippen LogP contribution in [-0.2, 0) is 0 Å². The molecular formula is C15H29NO. The summed E-state index contributed by atoms with van der Waals surface area (Å²) in [6.45, 7) is 3.44. The molecule has 17 heavy (non-hydrogen) atoms. The van der Waals surface area contributed by atoms with E-state index >= 15 is 0 Å². The standard InChI is InChI=1S/C15H29NO/c1-3-12-7-9-14(10-8-12)16(2)11-13-5-4-6-15(13)17/h12-15,17H,3-11H2,1-2H3. The molecule has 0 saturated heterocycles. The summed E-state index contributed by atoms with van der Waals surface area (Å²) in [6.07, 6.45) is 10.4. The molecule has 0 amide bonds. The van der Waals surface area contributed by atoms with Crippen molar-refractivity contribution in [3.8, 4) is 0 Å². The van der Waals surface area contributed by atoms with Crippen LogP contribution in [0.25, 0.3) is 0 Å². The molecule has 2 aliphatic rings. The van der Waals surface area contributed by atoms with Crippen molar-refractivity contribution in [3.05, 3.63) is 0 Å². The van der Waals surface area contributed by atoms with Crippen LogP contribution in [0.5, 0.6) is 0 Å². The van der Waals surface area contributed by atoms with Gasteiger partial charge >= 0.3 is 0 Å². The van der Waals surface area contributed by atoms with Crippen LogP contribution in [0.3, 0.4) is 0 Å². The fraction of sp³-hybridized carbons (Fsp3) is 1.00.